The number of hydrogen-bond acceptors (Lipinski definition) is 15. The van der Waals surface area contributed by atoms with Gasteiger partial charge in [-0.25, -0.2) is 9.13 Å². The minimum Gasteiger partial charge on any atom is -0.462 e. The van der Waals surface area contributed by atoms with E-state index in [0.29, 0.717) is 25.7 Å². The molecule has 0 aromatic carbocycles. The molecule has 3 N–H and O–H groups in total. The van der Waals surface area contributed by atoms with Gasteiger partial charge in [0.1, 0.15) is 19.3 Å². The van der Waals surface area contributed by atoms with E-state index in [1.54, 1.807) is 0 Å². The Bertz CT molecular complexity index is 1930. The lowest BCUT2D eigenvalue weighted by atomic mass is 10.0. The van der Waals surface area contributed by atoms with E-state index in [1.165, 1.54) is 186 Å². The van der Waals surface area contributed by atoms with Crippen molar-refractivity contribution < 1.29 is 80.2 Å². The minimum absolute atomic E-state index is 0.102. The average molecular weight is 1410 g/mol. The van der Waals surface area contributed by atoms with Gasteiger partial charge in [-0.3, -0.25) is 37.3 Å². The van der Waals surface area contributed by atoms with Gasteiger partial charge in [-0.1, -0.05) is 329 Å². The number of aliphatic hydroxyl groups excluding tert-OH is 1. The van der Waals surface area contributed by atoms with Crippen molar-refractivity contribution in [3.63, 3.8) is 0 Å². The predicted octanol–water partition coefficient (Wildman–Crippen LogP) is 22.4. The molecule has 0 saturated carbocycles. The standard InChI is InChI=1S/C77H146O17P2/c1-6-9-12-15-18-21-24-27-30-32-35-38-41-48-53-58-63-77(82)93-72(66-87-74(79)60-55-50-45-39-36-34-31-28-25-22-19-16-13-10-7-2)68-91-95(83,84)89-64-71(78)65-90-96(85,86)92-69-73(67-88-75(80)61-56-51-46-43-42-44-49-54-59-70(4)5)94-76(81)62-57-52-47-40-37-33-29-26-23-20-17-14-11-8-3/h22,25,28,31,70-73,78H,6-21,23-24,26-27,29-30,32-69H2,1-5H3,(H,83,84)(H,85,86)/b25-22-,31-28-/t71-,72-,73-/m1/s1. The Labute approximate surface area is 586 Å². The molecule has 0 bridgehead atoms. The maximum absolute atomic E-state index is 13.1. The first-order valence-electron chi connectivity index (χ1n) is 39.5. The van der Waals surface area contributed by atoms with Crippen LogP contribution in [0.3, 0.4) is 0 Å². The molecule has 96 heavy (non-hydrogen) atoms. The SMILES string of the molecule is CCCCCC/C=C\C=C/CCCCCCCC(=O)OC[C@H](COP(=O)(O)OC[C@@H](O)COP(=O)(O)OC[C@@H](COC(=O)CCCCCCCCCCC(C)C)OC(=O)CCCCCCCCCCCCCCCC)OC(=O)CCCCCCCCCCCCCCCCCC. The highest BCUT2D eigenvalue weighted by atomic mass is 31.2. The Morgan fingerprint density at radius 3 is 0.854 bits per heavy atom. The zero-order valence-electron chi connectivity index (χ0n) is 62.0. The van der Waals surface area contributed by atoms with Gasteiger partial charge in [0.2, 0.25) is 0 Å². The van der Waals surface area contributed by atoms with E-state index in [4.69, 9.17) is 37.0 Å². The summed E-state index contributed by atoms with van der Waals surface area (Å²) in [4.78, 5) is 72.8. The monoisotopic (exact) mass is 1410 g/mol. The quantitative estimate of drug-likeness (QED) is 0.0169. The number of phosphoric ester groups is 2. The first kappa shape index (κ1) is 93.5. The fraction of sp³-hybridized carbons (Fsp3) is 0.896. The van der Waals surface area contributed by atoms with Gasteiger partial charge in [-0.2, -0.15) is 0 Å². The van der Waals surface area contributed by atoms with Crippen molar-refractivity contribution in [1.29, 1.82) is 0 Å². The van der Waals surface area contributed by atoms with E-state index >= 15 is 0 Å². The van der Waals surface area contributed by atoms with Crippen LogP contribution in [-0.4, -0.2) is 96.7 Å². The van der Waals surface area contributed by atoms with Crippen molar-refractivity contribution in [3.05, 3.63) is 24.3 Å². The van der Waals surface area contributed by atoms with E-state index < -0.39 is 97.5 Å². The second-order valence-corrected chi connectivity index (χ2v) is 30.4. The largest absolute Gasteiger partial charge is 0.472 e. The first-order chi connectivity index (χ1) is 46.5. The maximum atomic E-state index is 13.1. The number of rotatable bonds is 75. The number of aliphatic hydroxyl groups is 1. The van der Waals surface area contributed by atoms with Gasteiger partial charge < -0.3 is 33.8 Å². The zero-order chi connectivity index (χ0) is 70.5. The van der Waals surface area contributed by atoms with E-state index in [2.05, 4.69) is 58.9 Å². The Kier molecular flexibility index (Phi) is 67.8. The number of allylic oxidation sites excluding steroid dienone is 4. The number of hydrogen-bond donors (Lipinski definition) is 3. The summed E-state index contributed by atoms with van der Waals surface area (Å²) < 4.78 is 68.5. The molecular formula is C77H146O17P2. The van der Waals surface area contributed by atoms with Crippen LogP contribution >= 0.6 is 15.6 Å². The summed E-state index contributed by atoms with van der Waals surface area (Å²) >= 11 is 0. The minimum atomic E-state index is -4.96. The summed E-state index contributed by atoms with van der Waals surface area (Å²) in [6.45, 7) is 7.21. The van der Waals surface area contributed by atoms with E-state index in [-0.39, 0.29) is 25.7 Å². The molecule has 0 aliphatic heterocycles. The normalized spacial score (nSPS) is 14.1. The van der Waals surface area contributed by atoms with Crippen molar-refractivity contribution in [2.24, 2.45) is 5.92 Å². The third-order valence-electron chi connectivity index (χ3n) is 17.4. The average Bonchev–Trinajstić information content (AvgIpc) is 1.12. The van der Waals surface area contributed by atoms with E-state index in [9.17, 15) is 43.2 Å². The van der Waals surface area contributed by atoms with Crippen LogP contribution in [0.15, 0.2) is 24.3 Å². The summed E-state index contributed by atoms with van der Waals surface area (Å²) in [6.07, 6.45) is 61.7. The first-order valence-corrected chi connectivity index (χ1v) is 42.4. The molecule has 5 atom stereocenters. The molecule has 0 radical (unpaired) electrons. The van der Waals surface area contributed by atoms with Crippen LogP contribution in [-0.2, 0) is 65.4 Å². The van der Waals surface area contributed by atoms with Crippen molar-refractivity contribution in [2.75, 3.05) is 39.6 Å². The summed E-state index contributed by atoms with van der Waals surface area (Å²) in [6, 6.07) is 0. The van der Waals surface area contributed by atoms with Crippen molar-refractivity contribution >= 4 is 39.5 Å². The van der Waals surface area contributed by atoms with Gasteiger partial charge in [0.25, 0.3) is 0 Å². The molecule has 0 heterocycles. The fourth-order valence-electron chi connectivity index (χ4n) is 11.3. The highest BCUT2D eigenvalue weighted by Crippen LogP contribution is 2.45. The molecule has 0 aliphatic rings. The van der Waals surface area contributed by atoms with Crippen LogP contribution < -0.4 is 0 Å². The van der Waals surface area contributed by atoms with E-state index in [0.717, 1.165) is 115 Å². The highest BCUT2D eigenvalue weighted by molar-refractivity contribution is 7.47. The summed E-state index contributed by atoms with van der Waals surface area (Å²) in [5, 5.41) is 10.6. The molecule has 2 unspecified atom stereocenters. The number of carbonyl (C=O) groups excluding carboxylic acids is 4. The topological polar surface area (TPSA) is 237 Å². The summed E-state index contributed by atoms with van der Waals surface area (Å²) in [5.41, 5.74) is 0. The van der Waals surface area contributed by atoms with Crippen LogP contribution in [0, 0.1) is 5.92 Å². The molecule has 0 aliphatic carbocycles. The number of phosphoric acid groups is 2. The second-order valence-electron chi connectivity index (χ2n) is 27.5. The Hall–Kier alpha value is -2.46. The molecule has 17 nitrogen and oxygen atoms in total. The lowest BCUT2D eigenvalue weighted by molar-refractivity contribution is -0.161. The van der Waals surface area contributed by atoms with Crippen LogP contribution in [0.5, 0.6) is 0 Å². The Morgan fingerprint density at radius 1 is 0.323 bits per heavy atom. The smallest absolute Gasteiger partial charge is 0.462 e. The van der Waals surface area contributed by atoms with Gasteiger partial charge >= 0.3 is 39.5 Å². The Balaban J connectivity index is 5.29. The van der Waals surface area contributed by atoms with Gasteiger partial charge in [-0.05, 0) is 57.3 Å². The molecule has 19 heteroatoms. The molecule has 0 spiro atoms. The predicted molar refractivity (Wildman–Crippen MR) is 391 cm³/mol. The van der Waals surface area contributed by atoms with Crippen molar-refractivity contribution in [2.45, 2.75) is 400 Å². The van der Waals surface area contributed by atoms with Crippen molar-refractivity contribution in [1.82, 2.24) is 0 Å². The van der Waals surface area contributed by atoms with Crippen molar-refractivity contribution in [3.8, 4) is 0 Å². The summed E-state index contributed by atoms with van der Waals surface area (Å²) in [5.74, 6) is -1.42. The van der Waals surface area contributed by atoms with Gasteiger partial charge in [-0.15, -0.1) is 0 Å². The van der Waals surface area contributed by atoms with Gasteiger partial charge in [0.15, 0.2) is 12.2 Å². The number of esters is 4. The van der Waals surface area contributed by atoms with Crippen LogP contribution in [0.1, 0.15) is 381 Å². The zero-order valence-corrected chi connectivity index (χ0v) is 63.8. The molecule has 566 valence electrons. The van der Waals surface area contributed by atoms with Crippen LogP contribution in [0.25, 0.3) is 0 Å². The molecule has 0 rings (SSSR count). The number of unbranched alkanes of at least 4 members (excludes halogenated alkanes) is 44. The third kappa shape index (κ3) is 70.0. The van der Waals surface area contributed by atoms with Gasteiger partial charge in [0.05, 0.1) is 26.4 Å². The lowest BCUT2D eigenvalue weighted by Crippen LogP contribution is -2.30. The van der Waals surface area contributed by atoms with Crippen LogP contribution in [0.2, 0.25) is 0 Å². The molecule has 0 amide bonds. The maximum Gasteiger partial charge on any atom is 0.472 e. The second kappa shape index (κ2) is 69.6. The molecule has 0 fully saturated rings. The van der Waals surface area contributed by atoms with E-state index in [1.807, 2.05) is 0 Å². The molecule has 0 aromatic heterocycles. The molecule has 0 aromatic rings. The fourth-order valence-corrected chi connectivity index (χ4v) is 12.9. The Morgan fingerprint density at radius 2 is 0.562 bits per heavy atom. The third-order valence-corrected chi connectivity index (χ3v) is 19.3. The molecular weight excluding hydrogens is 1260 g/mol. The molecule has 0 saturated heterocycles. The number of carbonyl (C=O) groups is 4. The highest BCUT2D eigenvalue weighted by Gasteiger charge is 2.30. The number of ether oxygens (including phenoxy) is 4. The van der Waals surface area contributed by atoms with Gasteiger partial charge in [0, 0.05) is 25.7 Å². The van der Waals surface area contributed by atoms with Crippen LogP contribution in [0.4, 0.5) is 0 Å². The summed E-state index contributed by atoms with van der Waals surface area (Å²) in [7, 11) is -9.92. The lowest BCUT2D eigenvalue weighted by Gasteiger charge is -2.21.